The number of hydrogen-bond donors (Lipinski definition) is 0. The van der Waals surface area contributed by atoms with E-state index < -0.39 is 181 Å². The molecule has 0 aliphatic heterocycles. The van der Waals surface area contributed by atoms with Gasteiger partial charge in [-0.15, -0.1) is 0 Å². The average Bonchev–Trinajstić information content (AvgIpc) is 3.26. The Bertz CT molecular complexity index is 2660. The van der Waals surface area contributed by atoms with Crippen molar-refractivity contribution in [2.24, 2.45) is 0 Å². The number of ether oxygens (including phenoxy) is 4. The fourth-order valence-corrected chi connectivity index (χ4v) is 5.55. The Balaban J connectivity index is 1.43. The van der Waals surface area contributed by atoms with Crippen LogP contribution in [0.2, 0.25) is 0 Å². The topological polar surface area (TPSA) is 36.9 Å². The molecule has 0 atom stereocenters. The Morgan fingerprint density at radius 2 is 0.652 bits per heavy atom. The third kappa shape index (κ3) is 7.93. The van der Waals surface area contributed by atoms with E-state index in [4.69, 9.17) is 4.74 Å². The van der Waals surface area contributed by atoms with Gasteiger partial charge in [0.05, 0.1) is 29.4 Å². The van der Waals surface area contributed by atoms with Gasteiger partial charge in [0.15, 0.2) is 82.9 Å². The van der Waals surface area contributed by atoms with E-state index >= 15 is 17.6 Å². The summed E-state index contributed by atoms with van der Waals surface area (Å²) in [5.74, 6) is -85.0. The monoisotopic (exact) mass is 990 g/mol. The maximum absolute atomic E-state index is 15.0. The molecule has 0 N–H and O–H groups in total. The SMILES string of the molecule is COc1cccc(Oc2c(F)c(F)c(-c3c(F)c(F)c(OCC(F)(F)C(F)(F)C(F)(F)C(F)(F)COc4c(F)c(F)c(-c5c(F)c(F)c(C)c(F)c5F)c(F)c4F)c(F)c3F)c(F)c2F)c1. The lowest BCUT2D eigenvalue weighted by Crippen LogP contribution is -2.65. The van der Waals surface area contributed by atoms with Gasteiger partial charge in [0.1, 0.15) is 11.5 Å². The van der Waals surface area contributed by atoms with Gasteiger partial charge < -0.3 is 18.9 Å². The van der Waals surface area contributed by atoms with E-state index in [0.29, 0.717) is 6.92 Å². The van der Waals surface area contributed by atoms with Gasteiger partial charge in [0.25, 0.3) is 0 Å². The standard InChI is InChI=1S/C38H14F24O4/c1-9-16(39)18(41)12(19(42)17(9)40)13-20(43)26(49)32(27(50)21(13)44)64-7-35(55,56)37(59,60)38(61,62)36(57,58)8-65-33-28(51)22(45)14(23(46)29(33)52)15-24(47)30(53)34(31(54)25(15)48)66-11-5-3-4-10(6-11)63-2/h3-6H,7-8H2,1-2H3. The van der Waals surface area contributed by atoms with Crippen molar-refractivity contribution in [3.63, 3.8) is 0 Å². The molecule has 5 aromatic rings. The van der Waals surface area contributed by atoms with E-state index in [2.05, 4.69) is 14.2 Å². The third-order valence-electron chi connectivity index (χ3n) is 9.02. The van der Waals surface area contributed by atoms with E-state index in [1.54, 1.807) is 0 Å². The fourth-order valence-electron chi connectivity index (χ4n) is 5.55. The van der Waals surface area contributed by atoms with E-state index in [9.17, 15) is 87.8 Å². The van der Waals surface area contributed by atoms with Crippen molar-refractivity contribution >= 4 is 0 Å². The largest absolute Gasteiger partial charge is 0.497 e. The first-order valence-electron chi connectivity index (χ1n) is 16.8. The van der Waals surface area contributed by atoms with Crippen LogP contribution in [0.5, 0.6) is 28.7 Å². The van der Waals surface area contributed by atoms with E-state index in [1.807, 2.05) is 0 Å². The molecule has 5 rings (SSSR count). The lowest BCUT2D eigenvalue weighted by molar-refractivity contribution is -0.372. The van der Waals surface area contributed by atoms with E-state index in [0.717, 1.165) is 25.3 Å². The second-order valence-corrected chi connectivity index (χ2v) is 13.1. The minimum Gasteiger partial charge on any atom is -0.497 e. The van der Waals surface area contributed by atoms with Crippen molar-refractivity contribution in [2.75, 3.05) is 20.3 Å². The molecule has 0 bridgehead atoms. The predicted octanol–water partition coefficient (Wildman–Crippen LogP) is 13.4. The summed E-state index contributed by atoms with van der Waals surface area (Å²) in [5.41, 5.74) is -12.0. The number of halogens is 24. The van der Waals surface area contributed by atoms with Gasteiger partial charge in [-0.3, -0.25) is 0 Å². The molecule has 0 saturated heterocycles. The summed E-state index contributed by atoms with van der Waals surface area (Å²) in [4.78, 5) is 0. The minimum atomic E-state index is -7.68. The maximum atomic E-state index is 15.0. The quantitative estimate of drug-likeness (QED) is 0.0821. The first kappa shape index (κ1) is 50.6. The van der Waals surface area contributed by atoms with Crippen LogP contribution in [0.3, 0.4) is 0 Å². The number of benzene rings is 5. The molecule has 0 aromatic heterocycles. The van der Waals surface area contributed by atoms with Gasteiger partial charge in [0.2, 0.25) is 40.7 Å². The molecular weight excluding hydrogens is 976 g/mol. The second kappa shape index (κ2) is 17.4. The summed E-state index contributed by atoms with van der Waals surface area (Å²) in [6, 6.07) is 4.16. The van der Waals surface area contributed by atoms with Crippen molar-refractivity contribution in [1.29, 1.82) is 0 Å². The molecule has 66 heavy (non-hydrogen) atoms. The summed E-state index contributed by atoms with van der Waals surface area (Å²) < 4.78 is 368. The molecule has 0 unspecified atom stereocenters. The lowest BCUT2D eigenvalue weighted by atomic mass is 9.98. The predicted molar refractivity (Wildman–Crippen MR) is 172 cm³/mol. The Morgan fingerprint density at radius 3 is 0.955 bits per heavy atom. The van der Waals surface area contributed by atoms with Gasteiger partial charge >= 0.3 is 23.7 Å². The van der Waals surface area contributed by atoms with Gasteiger partial charge in [-0.2, -0.15) is 61.5 Å². The van der Waals surface area contributed by atoms with Crippen LogP contribution in [0.1, 0.15) is 5.56 Å². The molecular formula is C38H14F24O4. The highest BCUT2D eigenvalue weighted by atomic mass is 19.4. The van der Waals surface area contributed by atoms with E-state index in [1.165, 1.54) is 6.07 Å². The van der Waals surface area contributed by atoms with Crippen LogP contribution in [0.15, 0.2) is 24.3 Å². The minimum absolute atomic E-state index is 0.0722. The van der Waals surface area contributed by atoms with Crippen LogP contribution in [0.25, 0.3) is 22.3 Å². The highest BCUT2D eigenvalue weighted by Crippen LogP contribution is 2.53. The smallest absolute Gasteiger partial charge is 0.381 e. The van der Waals surface area contributed by atoms with Crippen LogP contribution in [-0.4, -0.2) is 44.0 Å². The third-order valence-corrected chi connectivity index (χ3v) is 9.02. The lowest BCUT2D eigenvalue weighted by Gasteiger charge is -2.36. The maximum Gasteiger partial charge on any atom is 0.381 e. The molecule has 0 radical (unpaired) electrons. The Hall–Kier alpha value is -6.38. The zero-order valence-corrected chi connectivity index (χ0v) is 31.4. The van der Waals surface area contributed by atoms with Crippen molar-refractivity contribution in [3.8, 4) is 51.0 Å². The van der Waals surface area contributed by atoms with E-state index in [-0.39, 0.29) is 5.75 Å². The first-order chi connectivity index (χ1) is 30.3. The zero-order chi connectivity index (χ0) is 50.1. The Labute approximate surface area is 349 Å². The number of rotatable bonds is 14. The van der Waals surface area contributed by atoms with Crippen molar-refractivity contribution in [1.82, 2.24) is 0 Å². The molecule has 0 spiro atoms. The average molecular weight is 990 g/mol. The molecule has 358 valence electrons. The molecule has 0 saturated carbocycles. The van der Waals surface area contributed by atoms with Crippen molar-refractivity contribution in [3.05, 3.63) is 123 Å². The molecule has 0 fully saturated rings. The Kier molecular flexibility index (Phi) is 13.4. The van der Waals surface area contributed by atoms with Crippen LogP contribution in [0, 0.1) is 100.0 Å². The van der Waals surface area contributed by atoms with Gasteiger partial charge in [0, 0.05) is 11.6 Å². The van der Waals surface area contributed by atoms with Crippen LogP contribution >= 0.6 is 0 Å². The zero-order valence-electron chi connectivity index (χ0n) is 31.4. The first-order valence-corrected chi connectivity index (χ1v) is 16.8. The summed E-state index contributed by atoms with van der Waals surface area (Å²) in [6.07, 6.45) is 0. The molecule has 28 heteroatoms. The molecule has 0 heterocycles. The van der Waals surface area contributed by atoms with Gasteiger partial charge in [-0.05, 0) is 19.1 Å². The van der Waals surface area contributed by atoms with Crippen molar-refractivity contribution < 1.29 is 124 Å². The normalized spacial score (nSPS) is 12.5. The van der Waals surface area contributed by atoms with Crippen LogP contribution in [-0.2, 0) is 0 Å². The molecule has 4 nitrogen and oxygen atoms in total. The van der Waals surface area contributed by atoms with Gasteiger partial charge in [-0.25, -0.2) is 43.9 Å². The Morgan fingerprint density at radius 1 is 0.379 bits per heavy atom. The highest BCUT2D eigenvalue weighted by molar-refractivity contribution is 5.70. The van der Waals surface area contributed by atoms with Crippen LogP contribution < -0.4 is 18.9 Å². The number of methoxy groups -OCH3 is 1. The summed E-state index contributed by atoms with van der Waals surface area (Å²) in [6.45, 7) is -7.07. The van der Waals surface area contributed by atoms with Crippen LogP contribution in [0.4, 0.5) is 105 Å². The summed E-state index contributed by atoms with van der Waals surface area (Å²) in [5, 5.41) is 0. The van der Waals surface area contributed by atoms with Crippen molar-refractivity contribution in [2.45, 2.75) is 30.6 Å². The molecule has 5 aromatic carbocycles. The molecule has 0 aliphatic rings. The second-order valence-electron chi connectivity index (χ2n) is 13.1. The highest BCUT2D eigenvalue weighted by Gasteiger charge is 2.81. The fraction of sp³-hybridized carbons (Fsp3) is 0.211. The molecule has 0 aliphatic carbocycles. The number of alkyl halides is 8. The summed E-state index contributed by atoms with van der Waals surface area (Å²) >= 11 is 0. The summed E-state index contributed by atoms with van der Waals surface area (Å²) in [7, 11) is 1.09. The molecule has 0 amide bonds. The number of hydrogen-bond acceptors (Lipinski definition) is 4. The van der Waals surface area contributed by atoms with Gasteiger partial charge in [-0.1, -0.05) is 6.07 Å².